The van der Waals surface area contributed by atoms with E-state index in [1.54, 1.807) is 0 Å². The fourth-order valence-electron chi connectivity index (χ4n) is 2.90. The Morgan fingerprint density at radius 3 is 2.33 bits per heavy atom. The standard InChI is InChI=1S/C20H22N2O2/c1-15(23)21-19(13-17-10-6-3-7-11-17)20-14-18(22-24-20)12-16-8-4-2-5-9-16/h2-11,14,19-20,22H,12-13H2,1H3,(H,21,23). The third kappa shape index (κ3) is 4.46. The Kier molecular flexibility index (Phi) is 5.29. The Hall–Kier alpha value is -2.59. The highest BCUT2D eigenvalue weighted by Crippen LogP contribution is 2.17. The van der Waals surface area contributed by atoms with Crippen LogP contribution in [0.25, 0.3) is 0 Å². The number of hydrogen-bond acceptors (Lipinski definition) is 3. The molecule has 3 rings (SSSR count). The van der Waals surface area contributed by atoms with Crippen molar-refractivity contribution in [3.63, 3.8) is 0 Å². The van der Waals surface area contributed by atoms with Crippen LogP contribution in [0.2, 0.25) is 0 Å². The quantitative estimate of drug-likeness (QED) is 0.860. The van der Waals surface area contributed by atoms with Gasteiger partial charge in [0.1, 0.15) is 6.10 Å². The summed E-state index contributed by atoms with van der Waals surface area (Å²) in [4.78, 5) is 17.3. The third-order valence-corrected chi connectivity index (χ3v) is 4.01. The van der Waals surface area contributed by atoms with Crippen molar-refractivity contribution in [1.29, 1.82) is 0 Å². The molecule has 1 aliphatic heterocycles. The first-order chi connectivity index (χ1) is 11.7. The van der Waals surface area contributed by atoms with E-state index in [4.69, 9.17) is 4.84 Å². The van der Waals surface area contributed by atoms with E-state index < -0.39 is 0 Å². The average Bonchev–Trinajstić information content (AvgIpc) is 3.04. The number of carbonyl (C=O) groups is 1. The molecule has 2 aromatic carbocycles. The molecule has 0 saturated carbocycles. The zero-order chi connectivity index (χ0) is 16.8. The Labute approximate surface area is 142 Å². The van der Waals surface area contributed by atoms with Crippen LogP contribution in [0.15, 0.2) is 72.4 Å². The van der Waals surface area contributed by atoms with Crippen LogP contribution in [-0.2, 0) is 22.5 Å². The molecule has 0 aliphatic carbocycles. The molecule has 124 valence electrons. The highest BCUT2D eigenvalue weighted by atomic mass is 16.7. The summed E-state index contributed by atoms with van der Waals surface area (Å²) in [6, 6.07) is 20.3. The number of nitrogens with one attached hydrogen (secondary N) is 2. The van der Waals surface area contributed by atoms with Gasteiger partial charge >= 0.3 is 0 Å². The van der Waals surface area contributed by atoms with Gasteiger partial charge in [-0.1, -0.05) is 60.7 Å². The van der Waals surface area contributed by atoms with Gasteiger partial charge in [0.15, 0.2) is 0 Å². The lowest BCUT2D eigenvalue weighted by atomic mass is 10.00. The fourth-order valence-corrected chi connectivity index (χ4v) is 2.90. The van der Waals surface area contributed by atoms with Crippen molar-refractivity contribution < 1.29 is 9.63 Å². The van der Waals surface area contributed by atoms with Crippen molar-refractivity contribution in [3.8, 4) is 0 Å². The normalized spacial score (nSPS) is 17.7. The summed E-state index contributed by atoms with van der Waals surface area (Å²) in [6.07, 6.45) is 3.39. The van der Waals surface area contributed by atoms with E-state index in [9.17, 15) is 4.79 Å². The summed E-state index contributed by atoms with van der Waals surface area (Å²) >= 11 is 0. The summed E-state index contributed by atoms with van der Waals surface area (Å²) in [7, 11) is 0. The predicted molar refractivity (Wildman–Crippen MR) is 94.0 cm³/mol. The number of rotatable bonds is 6. The van der Waals surface area contributed by atoms with Crippen molar-refractivity contribution in [2.75, 3.05) is 0 Å². The number of allylic oxidation sites excluding steroid dienone is 1. The molecule has 0 aromatic heterocycles. The van der Waals surface area contributed by atoms with Crippen LogP contribution < -0.4 is 10.8 Å². The smallest absolute Gasteiger partial charge is 0.217 e. The molecule has 24 heavy (non-hydrogen) atoms. The van der Waals surface area contributed by atoms with Gasteiger partial charge in [-0.25, -0.2) is 0 Å². The SMILES string of the molecule is CC(=O)NC(Cc1ccccc1)C1C=C(Cc2ccccc2)NO1. The zero-order valence-corrected chi connectivity index (χ0v) is 13.7. The molecular weight excluding hydrogens is 300 g/mol. The maximum absolute atomic E-state index is 11.6. The molecule has 0 radical (unpaired) electrons. The largest absolute Gasteiger partial charge is 0.350 e. The first-order valence-electron chi connectivity index (χ1n) is 8.18. The van der Waals surface area contributed by atoms with E-state index in [0.29, 0.717) is 0 Å². The lowest BCUT2D eigenvalue weighted by Crippen LogP contribution is -2.44. The summed E-state index contributed by atoms with van der Waals surface area (Å²) < 4.78 is 0. The Balaban J connectivity index is 1.70. The third-order valence-electron chi connectivity index (χ3n) is 4.01. The molecule has 4 heteroatoms. The van der Waals surface area contributed by atoms with Gasteiger partial charge in [-0.15, -0.1) is 0 Å². The number of hydrogen-bond donors (Lipinski definition) is 2. The molecule has 1 amide bonds. The van der Waals surface area contributed by atoms with Gasteiger partial charge in [-0.05, 0) is 23.6 Å². The lowest BCUT2D eigenvalue weighted by molar-refractivity contribution is -0.120. The molecule has 2 unspecified atom stereocenters. The van der Waals surface area contributed by atoms with Gasteiger partial charge in [-0.2, -0.15) is 0 Å². The van der Waals surface area contributed by atoms with Crippen molar-refractivity contribution in [2.45, 2.75) is 31.9 Å². The van der Waals surface area contributed by atoms with E-state index in [-0.39, 0.29) is 18.1 Å². The highest BCUT2D eigenvalue weighted by Gasteiger charge is 2.27. The van der Waals surface area contributed by atoms with Gasteiger partial charge in [0.2, 0.25) is 5.91 Å². The molecule has 0 fully saturated rings. The van der Waals surface area contributed by atoms with Crippen LogP contribution in [0.5, 0.6) is 0 Å². The van der Waals surface area contributed by atoms with E-state index >= 15 is 0 Å². The molecule has 2 N–H and O–H groups in total. The second-order valence-corrected chi connectivity index (χ2v) is 6.04. The van der Waals surface area contributed by atoms with Gasteiger partial charge in [-0.3, -0.25) is 15.1 Å². The molecule has 1 aliphatic rings. The van der Waals surface area contributed by atoms with Crippen molar-refractivity contribution in [1.82, 2.24) is 10.8 Å². The Morgan fingerprint density at radius 2 is 1.71 bits per heavy atom. The number of benzene rings is 2. The molecule has 2 atom stereocenters. The molecule has 2 aromatic rings. The maximum atomic E-state index is 11.6. The molecule has 1 heterocycles. The van der Waals surface area contributed by atoms with Crippen LogP contribution >= 0.6 is 0 Å². The average molecular weight is 322 g/mol. The summed E-state index contributed by atoms with van der Waals surface area (Å²) in [5, 5.41) is 3.01. The van der Waals surface area contributed by atoms with Gasteiger partial charge in [0.25, 0.3) is 0 Å². The van der Waals surface area contributed by atoms with Crippen molar-refractivity contribution >= 4 is 5.91 Å². The molecule has 0 bridgehead atoms. The first-order valence-corrected chi connectivity index (χ1v) is 8.18. The van der Waals surface area contributed by atoms with Crippen LogP contribution in [0.4, 0.5) is 0 Å². The van der Waals surface area contributed by atoms with E-state index in [2.05, 4.69) is 41.1 Å². The van der Waals surface area contributed by atoms with Crippen LogP contribution in [0.3, 0.4) is 0 Å². The molecule has 4 nitrogen and oxygen atoms in total. The summed E-state index contributed by atoms with van der Waals surface area (Å²) in [5.41, 5.74) is 6.42. The highest BCUT2D eigenvalue weighted by molar-refractivity contribution is 5.73. The second-order valence-electron chi connectivity index (χ2n) is 6.04. The summed E-state index contributed by atoms with van der Waals surface area (Å²) in [6.45, 7) is 1.54. The van der Waals surface area contributed by atoms with Gasteiger partial charge in [0, 0.05) is 19.0 Å². The topological polar surface area (TPSA) is 50.4 Å². The number of carbonyl (C=O) groups excluding carboxylic acids is 1. The van der Waals surface area contributed by atoms with Gasteiger partial charge < -0.3 is 5.32 Å². The molecule has 0 spiro atoms. The van der Waals surface area contributed by atoms with Crippen LogP contribution in [0.1, 0.15) is 18.1 Å². The van der Waals surface area contributed by atoms with Crippen molar-refractivity contribution in [2.24, 2.45) is 0 Å². The molecule has 0 saturated heterocycles. The second kappa shape index (κ2) is 7.79. The zero-order valence-electron chi connectivity index (χ0n) is 13.7. The first kappa shape index (κ1) is 16.3. The number of amides is 1. The van der Waals surface area contributed by atoms with Crippen LogP contribution in [0, 0.1) is 0 Å². The maximum Gasteiger partial charge on any atom is 0.217 e. The minimum atomic E-state index is -0.187. The van der Waals surface area contributed by atoms with E-state index in [0.717, 1.165) is 18.5 Å². The summed E-state index contributed by atoms with van der Waals surface area (Å²) in [5.74, 6) is -0.0514. The fraction of sp³-hybridized carbons (Fsp3) is 0.250. The molecular formula is C20H22N2O2. The Bertz CT molecular complexity index is 698. The van der Waals surface area contributed by atoms with Gasteiger partial charge in [0.05, 0.1) is 6.04 Å². The van der Waals surface area contributed by atoms with E-state index in [1.807, 2.05) is 36.4 Å². The number of hydroxylamine groups is 1. The predicted octanol–water partition coefficient (Wildman–Crippen LogP) is 2.76. The minimum absolute atomic E-state index is 0.0514. The monoisotopic (exact) mass is 322 g/mol. The minimum Gasteiger partial charge on any atom is -0.350 e. The van der Waals surface area contributed by atoms with Crippen LogP contribution in [-0.4, -0.2) is 18.1 Å². The Morgan fingerprint density at radius 1 is 1.08 bits per heavy atom. The van der Waals surface area contributed by atoms with E-state index in [1.165, 1.54) is 18.1 Å². The lowest BCUT2D eigenvalue weighted by Gasteiger charge is -2.22. The van der Waals surface area contributed by atoms with Crippen molar-refractivity contribution in [3.05, 3.63) is 83.6 Å².